The highest BCUT2D eigenvalue weighted by Gasteiger charge is 2.27. The van der Waals surface area contributed by atoms with Crippen molar-refractivity contribution in [2.45, 2.75) is 33.2 Å². The van der Waals surface area contributed by atoms with Gasteiger partial charge in [-0.15, -0.1) is 0 Å². The lowest BCUT2D eigenvalue weighted by atomic mass is 10.1. The summed E-state index contributed by atoms with van der Waals surface area (Å²) in [6.45, 7) is 8.05. The van der Waals surface area contributed by atoms with Crippen molar-refractivity contribution in [1.82, 2.24) is 4.48 Å². The van der Waals surface area contributed by atoms with Gasteiger partial charge < -0.3 is 24.0 Å². The van der Waals surface area contributed by atoms with E-state index in [0.29, 0.717) is 6.04 Å². The first-order valence-corrected chi connectivity index (χ1v) is 5.52. The van der Waals surface area contributed by atoms with Crippen LogP contribution in [0.1, 0.15) is 27.2 Å². The van der Waals surface area contributed by atoms with Crippen LogP contribution in [-0.4, -0.2) is 19.6 Å². The molecule has 2 heteroatoms. The average molecular weight is 319 g/mol. The number of benzene rings is 1. The topological polar surface area (TPSA) is 0 Å². The van der Waals surface area contributed by atoms with Gasteiger partial charge in [-0.2, -0.15) is 0 Å². The van der Waals surface area contributed by atoms with E-state index in [-0.39, 0.29) is 24.0 Å². The molecule has 1 unspecified atom stereocenters. The lowest BCUT2D eigenvalue weighted by molar-refractivity contribution is -0.00000316. The predicted molar refractivity (Wildman–Crippen MR) is 64.5 cm³/mol. The average Bonchev–Trinajstić information content (AvgIpc) is 2.19. The molecule has 0 amide bonds. The smallest absolute Gasteiger partial charge is 0.132 e. The summed E-state index contributed by atoms with van der Waals surface area (Å²) in [5, 5.41) is 0. The second-order valence-electron chi connectivity index (χ2n) is 4.42. The molecule has 0 saturated heterocycles. The summed E-state index contributed by atoms with van der Waals surface area (Å²) in [4.78, 5) is 0. The van der Waals surface area contributed by atoms with E-state index in [9.17, 15) is 0 Å². The van der Waals surface area contributed by atoms with Crippen molar-refractivity contribution < 1.29 is 24.0 Å². The number of nitrogens with zero attached hydrogens (tertiary/aromatic N) is 1. The van der Waals surface area contributed by atoms with Gasteiger partial charge in [0, 0.05) is 0 Å². The fourth-order valence-electron chi connectivity index (χ4n) is 1.92. The van der Waals surface area contributed by atoms with Crippen LogP contribution in [-0.2, 0) is 0 Å². The first kappa shape index (κ1) is 14.9. The van der Waals surface area contributed by atoms with Gasteiger partial charge in [-0.25, -0.2) is 0 Å². The molecule has 86 valence electrons. The van der Waals surface area contributed by atoms with Crippen LogP contribution in [0, 0.1) is 0 Å². The molecule has 0 aliphatic heterocycles. The minimum atomic E-state index is 0. The van der Waals surface area contributed by atoms with E-state index in [2.05, 4.69) is 58.2 Å². The van der Waals surface area contributed by atoms with Crippen LogP contribution in [0.3, 0.4) is 0 Å². The lowest BCUT2D eigenvalue weighted by Crippen LogP contribution is -3.00. The summed E-state index contributed by atoms with van der Waals surface area (Å²) in [6.07, 6.45) is 1.23. The molecule has 0 spiro atoms. The van der Waals surface area contributed by atoms with E-state index < -0.39 is 0 Å². The number of quaternary nitrogens is 1. The van der Waals surface area contributed by atoms with Crippen molar-refractivity contribution in [3.05, 3.63) is 30.3 Å². The van der Waals surface area contributed by atoms with Gasteiger partial charge in [0.05, 0.1) is 19.6 Å². The Morgan fingerprint density at radius 1 is 1.13 bits per heavy atom. The van der Waals surface area contributed by atoms with Gasteiger partial charge in [0.15, 0.2) is 0 Å². The van der Waals surface area contributed by atoms with E-state index in [1.165, 1.54) is 18.7 Å². The lowest BCUT2D eigenvalue weighted by Gasteiger charge is -2.37. The number of rotatable bonds is 4. The highest BCUT2D eigenvalue weighted by atomic mass is 127. The third-order valence-corrected chi connectivity index (χ3v) is 3.17. The maximum Gasteiger partial charge on any atom is 0.132 e. The molecule has 15 heavy (non-hydrogen) atoms. The summed E-state index contributed by atoms with van der Waals surface area (Å²) in [6, 6.07) is 11.4. The van der Waals surface area contributed by atoms with E-state index in [0.717, 1.165) is 4.48 Å². The molecule has 0 radical (unpaired) electrons. The molecule has 0 aliphatic rings. The maximum absolute atomic E-state index is 2.32. The molecule has 1 atom stereocenters. The Bertz CT molecular complexity index is 271. The van der Waals surface area contributed by atoms with Crippen LogP contribution in [0.2, 0.25) is 0 Å². The van der Waals surface area contributed by atoms with Crippen molar-refractivity contribution in [2.75, 3.05) is 13.6 Å². The van der Waals surface area contributed by atoms with Gasteiger partial charge in [-0.1, -0.05) is 25.1 Å². The summed E-state index contributed by atoms with van der Waals surface area (Å²) in [7, 11) is 2.32. The molecular weight excluding hydrogens is 297 g/mol. The summed E-state index contributed by atoms with van der Waals surface area (Å²) in [5.74, 6) is 0. The van der Waals surface area contributed by atoms with E-state index in [1.807, 2.05) is 0 Å². The summed E-state index contributed by atoms with van der Waals surface area (Å²) in [5.41, 5.74) is 1.42. The van der Waals surface area contributed by atoms with Gasteiger partial charge in [0.25, 0.3) is 0 Å². The van der Waals surface area contributed by atoms with Crippen molar-refractivity contribution in [1.29, 1.82) is 0 Å². The van der Waals surface area contributed by atoms with Crippen molar-refractivity contribution >= 4 is 5.69 Å². The summed E-state index contributed by atoms with van der Waals surface area (Å²) >= 11 is 0. The Labute approximate surface area is 111 Å². The molecule has 0 N–H and O–H groups in total. The third-order valence-electron chi connectivity index (χ3n) is 3.17. The minimum absolute atomic E-state index is 0. The molecule has 1 aromatic carbocycles. The van der Waals surface area contributed by atoms with Gasteiger partial charge in [-0.3, -0.25) is 4.48 Å². The normalized spacial score (nSPS) is 14.5. The largest absolute Gasteiger partial charge is 1.00 e. The standard InChI is InChI=1S/C13H22N.HI/c1-5-11-14(4,12(2)3)13-9-7-6-8-10-13;/h6-10,12H,5,11H2,1-4H3;1H/q+1;/p-1. The maximum atomic E-state index is 2.32. The van der Waals surface area contributed by atoms with Gasteiger partial charge >= 0.3 is 0 Å². The van der Waals surface area contributed by atoms with E-state index >= 15 is 0 Å². The molecule has 0 aliphatic carbocycles. The van der Waals surface area contributed by atoms with Crippen LogP contribution in [0.15, 0.2) is 30.3 Å². The van der Waals surface area contributed by atoms with E-state index in [4.69, 9.17) is 0 Å². The van der Waals surface area contributed by atoms with Crippen LogP contribution < -0.4 is 28.5 Å². The molecule has 0 aromatic heterocycles. The minimum Gasteiger partial charge on any atom is -1.00 e. The number of halogens is 1. The Hall–Kier alpha value is -0.0900. The molecule has 1 nitrogen and oxygen atoms in total. The highest BCUT2D eigenvalue weighted by molar-refractivity contribution is 5.42. The van der Waals surface area contributed by atoms with Crippen molar-refractivity contribution in [3.8, 4) is 0 Å². The first-order valence-electron chi connectivity index (χ1n) is 5.52. The highest BCUT2D eigenvalue weighted by Crippen LogP contribution is 2.24. The van der Waals surface area contributed by atoms with Crippen LogP contribution in [0.25, 0.3) is 0 Å². The Morgan fingerprint density at radius 3 is 2.07 bits per heavy atom. The predicted octanol–water partition coefficient (Wildman–Crippen LogP) is 0.446. The molecule has 0 bridgehead atoms. The molecule has 1 rings (SSSR count). The zero-order valence-electron chi connectivity index (χ0n) is 10.2. The monoisotopic (exact) mass is 319 g/mol. The fourth-order valence-corrected chi connectivity index (χ4v) is 1.92. The molecular formula is C13H22IN. The third kappa shape index (κ3) is 3.45. The zero-order valence-corrected chi connectivity index (χ0v) is 12.4. The second-order valence-corrected chi connectivity index (χ2v) is 4.42. The molecule has 1 aromatic rings. The van der Waals surface area contributed by atoms with Gasteiger partial charge in [0.2, 0.25) is 0 Å². The fraction of sp³-hybridized carbons (Fsp3) is 0.538. The van der Waals surface area contributed by atoms with Crippen LogP contribution in [0.4, 0.5) is 5.69 Å². The summed E-state index contributed by atoms with van der Waals surface area (Å²) < 4.78 is 1.04. The van der Waals surface area contributed by atoms with E-state index in [1.54, 1.807) is 0 Å². The first-order chi connectivity index (χ1) is 6.61. The Balaban J connectivity index is 0.00000196. The van der Waals surface area contributed by atoms with Gasteiger partial charge in [0.1, 0.15) is 5.69 Å². The second kappa shape index (κ2) is 6.48. The number of hydrogen-bond donors (Lipinski definition) is 0. The Morgan fingerprint density at radius 2 is 1.67 bits per heavy atom. The van der Waals surface area contributed by atoms with Crippen molar-refractivity contribution in [2.24, 2.45) is 0 Å². The number of para-hydroxylation sites is 1. The Kier molecular flexibility index (Phi) is 6.44. The van der Waals surface area contributed by atoms with Crippen LogP contribution >= 0.6 is 0 Å². The van der Waals surface area contributed by atoms with Gasteiger partial charge in [-0.05, 0) is 32.4 Å². The number of hydrogen-bond acceptors (Lipinski definition) is 0. The molecule has 0 heterocycles. The van der Waals surface area contributed by atoms with Crippen molar-refractivity contribution in [3.63, 3.8) is 0 Å². The SMILES string of the molecule is CCC[N+](C)(c1ccccc1)C(C)C.[I-]. The van der Waals surface area contributed by atoms with Crippen LogP contribution in [0.5, 0.6) is 0 Å². The molecule has 0 saturated carbocycles. The molecule has 0 fully saturated rings. The zero-order chi connectivity index (χ0) is 10.6. The quantitative estimate of drug-likeness (QED) is 0.558.